The Hall–Kier alpha value is -3.27. The number of benzene rings is 4. The van der Waals surface area contributed by atoms with Crippen LogP contribution in [0, 0.1) is 0 Å². The van der Waals surface area contributed by atoms with Crippen LogP contribution in [0.4, 0.5) is 11.4 Å². The molecule has 0 radical (unpaired) electrons. The van der Waals surface area contributed by atoms with Gasteiger partial charge in [-0.25, -0.2) is 0 Å². The highest BCUT2D eigenvalue weighted by molar-refractivity contribution is 6.09. The zero-order valence-corrected chi connectivity index (χ0v) is 19.2. The predicted octanol–water partition coefficient (Wildman–Crippen LogP) is 6.99. The summed E-state index contributed by atoms with van der Waals surface area (Å²) in [5, 5.41) is 6.76. The Bertz CT molecular complexity index is 995. The van der Waals surface area contributed by atoms with Crippen molar-refractivity contribution in [1.29, 1.82) is 0 Å². The van der Waals surface area contributed by atoms with Gasteiger partial charge in [-0.05, 0) is 35.4 Å². The van der Waals surface area contributed by atoms with Gasteiger partial charge in [0.25, 0.3) is 0 Å². The van der Waals surface area contributed by atoms with Gasteiger partial charge in [0.2, 0.25) is 0 Å². The van der Waals surface area contributed by atoms with Crippen molar-refractivity contribution < 1.29 is 4.79 Å². The summed E-state index contributed by atoms with van der Waals surface area (Å²) in [5.41, 5.74) is 5.84. The van der Waals surface area contributed by atoms with Crippen molar-refractivity contribution in [3.63, 3.8) is 0 Å². The number of carbonyl (C=O) groups excluding carboxylic acids is 1. The molecule has 0 saturated carbocycles. The maximum absolute atomic E-state index is 12.8. The van der Waals surface area contributed by atoms with Crippen molar-refractivity contribution in [2.24, 2.45) is 0 Å². The summed E-state index contributed by atoms with van der Waals surface area (Å²) in [6.07, 6.45) is 0. The SMILES string of the molecule is Cl.Cl.O=C(c1ccc(CNc2ccccc2)cc1)c1ccc(CNc2ccccc2)cc1. The zero-order chi connectivity index (χ0) is 20.6. The second-order valence-corrected chi connectivity index (χ2v) is 7.16. The lowest BCUT2D eigenvalue weighted by Crippen LogP contribution is -2.04. The highest BCUT2D eigenvalue weighted by Crippen LogP contribution is 2.15. The van der Waals surface area contributed by atoms with Gasteiger partial charge in [0.15, 0.2) is 5.78 Å². The minimum atomic E-state index is 0. The van der Waals surface area contributed by atoms with Gasteiger partial charge in [0.05, 0.1) is 0 Å². The number of anilines is 2. The fourth-order valence-electron chi connectivity index (χ4n) is 3.23. The molecule has 0 unspecified atom stereocenters. The minimum Gasteiger partial charge on any atom is -0.381 e. The summed E-state index contributed by atoms with van der Waals surface area (Å²) >= 11 is 0. The normalized spacial score (nSPS) is 9.75. The molecule has 164 valence electrons. The average molecular weight is 465 g/mol. The smallest absolute Gasteiger partial charge is 0.193 e. The summed E-state index contributed by atoms with van der Waals surface area (Å²) in [6, 6.07) is 35.8. The van der Waals surface area contributed by atoms with E-state index in [2.05, 4.69) is 10.6 Å². The number of carbonyl (C=O) groups is 1. The van der Waals surface area contributed by atoms with Crippen molar-refractivity contribution in [2.75, 3.05) is 10.6 Å². The number of ketones is 1. The van der Waals surface area contributed by atoms with Crippen LogP contribution in [0.25, 0.3) is 0 Å². The lowest BCUT2D eigenvalue weighted by molar-refractivity contribution is 0.103. The Kier molecular flexibility index (Phi) is 9.80. The molecule has 5 heteroatoms. The van der Waals surface area contributed by atoms with Crippen LogP contribution in [-0.2, 0) is 13.1 Å². The van der Waals surface area contributed by atoms with Crippen LogP contribution in [0.1, 0.15) is 27.0 Å². The molecule has 0 aliphatic rings. The molecule has 0 aliphatic heterocycles. The number of nitrogens with one attached hydrogen (secondary N) is 2. The first-order valence-electron chi connectivity index (χ1n) is 10.1. The van der Waals surface area contributed by atoms with E-state index < -0.39 is 0 Å². The summed E-state index contributed by atoms with van der Waals surface area (Å²) in [4.78, 5) is 12.8. The van der Waals surface area contributed by atoms with Gasteiger partial charge in [0.1, 0.15) is 0 Å². The van der Waals surface area contributed by atoms with E-state index in [9.17, 15) is 4.79 Å². The highest BCUT2D eigenvalue weighted by Gasteiger charge is 2.09. The molecule has 4 rings (SSSR count). The lowest BCUT2D eigenvalue weighted by atomic mass is 10.0. The monoisotopic (exact) mass is 464 g/mol. The third-order valence-corrected chi connectivity index (χ3v) is 4.97. The molecule has 4 aromatic carbocycles. The van der Waals surface area contributed by atoms with Crippen molar-refractivity contribution >= 4 is 42.0 Å². The van der Waals surface area contributed by atoms with Gasteiger partial charge in [-0.3, -0.25) is 4.79 Å². The quantitative estimate of drug-likeness (QED) is 0.276. The Morgan fingerprint density at radius 1 is 0.500 bits per heavy atom. The third kappa shape index (κ3) is 6.88. The van der Waals surface area contributed by atoms with Crippen LogP contribution >= 0.6 is 24.8 Å². The van der Waals surface area contributed by atoms with E-state index in [0.29, 0.717) is 11.1 Å². The van der Waals surface area contributed by atoms with E-state index in [1.807, 2.05) is 109 Å². The number of hydrogen-bond acceptors (Lipinski definition) is 3. The molecule has 4 aromatic rings. The number of halogens is 2. The Morgan fingerprint density at radius 2 is 0.844 bits per heavy atom. The van der Waals surface area contributed by atoms with Gasteiger partial charge >= 0.3 is 0 Å². The van der Waals surface area contributed by atoms with Crippen molar-refractivity contribution in [3.8, 4) is 0 Å². The molecular formula is C27H26Cl2N2O. The van der Waals surface area contributed by atoms with Crippen LogP contribution < -0.4 is 10.6 Å². The number of rotatable bonds is 8. The van der Waals surface area contributed by atoms with Gasteiger partial charge < -0.3 is 10.6 Å². The van der Waals surface area contributed by atoms with E-state index in [1.165, 1.54) is 0 Å². The molecule has 0 atom stereocenters. The fourth-order valence-corrected chi connectivity index (χ4v) is 3.23. The van der Waals surface area contributed by atoms with Gasteiger partial charge in [0, 0.05) is 35.6 Å². The Labute approximate surface area is 201 Å². The van der Waals surface area contributed by atoms with Crippen LogP contribution in [0.3, 0.4) is 0 Å². The molecule has 0 aromatic heterocycles. The first kappa shape index (κ1) is 25.0. The van der Waals surface area contributed by atoms with E-state index in [0.717, 1.165) is 35.6 Å². The number of para-hydroxylation sites is 2. The van der Waals surface area contributed by atoms with Gasteiger partial charge in [-0.2, -0.15) is 0 Å². The molecule has 0 spiro atoms. The second-order valence-electron chi connectivity index (χ2n) is 7.16. The predicted molar refractivity (Wildman–Crippen MR) is 138 cm³/mol. The molecule has 2 N–H and O–H groups in total. The molecule has 0 fully saturated rings. The third-order valence-electron chi connectivity index (χ3n) is 4.97. The van der Waals surface area contributed by atoms with E-state index in [1.54, 1.807) is 0 Å². The zero-order valence-electron chi connectivity index (χ0n) is 17.5. The van der Waals surface area contributed by atoms with Gasteiger partial charge in [-0.1, -0.05) is 84.9 Å². The summed E-state index contributed by atoms with van der Waals surface area (Å²) in [5.74, 6) is 0.0418. The molecule has 0 amide bonds. The Morgan fingerprint density at radius 3 is 1.19 bits per heavy atom. The Balaban J connectivity index is 0.00000181. The van der Waals surface area contributed by atoms with Crippen molar-refractivity contribution in [1.82, 2.24) is 0 Å². The second kappa shape index (κ2) is 12.6. The summed E-state index contributed by atoms with van der Waals surface area (Å²) in [7, 11) is 0. The standard InChI is InChI=1S/C27H24N2O.2ClH/c30-27(23-15-11-21(12-16-23)19-28-25-7-3-1-4-8-25)24-17-13-22(14-18-24)20-29-26-9-5-2-6-10-26;;/h1-18,28-29H,19-20H2;2*1H. The molecule has 0 heterocycles. The van der Waals surface area contributed by atoms with Crippen LogP contribution in [0.2, 0.25) is 0 Å². The molecule has 0 aliphatic carbocycles. The van der Waals surface area contributed by atoms with E-state index in [4.69, 9.17) is 0 Å². The van der Waals surface area contributed by atoms with Gasteiger partial charge in [-0.15, -0.1) is 24.8 Å². The maximum Gasteiger partial charge on any atom is 0.193 e. The maximum atomic E-state index is 12.8. The van der Waals surface area contributed by atoms with Crippen LogP contribution in [-0.4, -0.2) is 5.78 Å². The average Bonchev–Trinajstić information content (AvgIpc) is 2.83. The molecule has 0 bridgehead atoms. The molecule has 0 saturated heterocycles. The van der Waals surface area contributed by atoms with Crippen molar-refractivity contribution in [3.05, 3.63) is 131 Å². The fraction of sp³-hybridized carbons (Fsp3) is 0.0741. The van der Waals surface area contributed by atoms with E-state index >= 15 is 0 Å². The lowest BCUT2D eigenvalue weighted by Gasteiger charge is -2.08. The minimum absolute atomic E-state index is 0. The molecular weight excluding hydrogens is 439 g/mol. The molecule has 3 nitrogen and oxygen atoms in total. The summed E-state index contributed by atoms with van der Waals surface area (Å²) < 4.78 is 0. The van der Waals surface area contributed by atoms with Crippen LogP contribution in [0.15, 0.2) is 109 Å². The molecule has 32 heavy (non-hydrogen) atoms. The van der Waals surface area contributed by atoms with Crippen molar-refractivity contribution in [2.45, 2.75) is 13.1 Å². The first-order chi connectivity index (χ1) is 14.8. The topological polar surface area (TPSA) is 41.1 Å². The number of hydrogen-bond donors (Lipinski definition) is 2. The highest BCUT2D eigenvalue weighted by atomic mass is 35.5. The van der Waals surface area contributed by atoms with E-state index in [-0.39, 0.29) is 30.6 Å². The largest absolute Gasteiger partial charge is 0.381 e. The summed E-state index contributed by atoms with van der Waals surface area (Å²) in [6.45, 7) is 1.45. The first-order valence-corrected chi connectivity index (χ1v) is 10.1. The van der Waals surface area contributed by atoms with Crippen LogP contribution in [0.5, 0.6) is 0 Å².